The Morgan fingerprint density at radius 1 is 0.333 bits per heavy atom. The van der Waals surface area contributed by atoms with E-state index in [9.17, 15) is 0 Å². The molecule has 1 aromatic carbocycles. The lowest BCUT2D eigenvalue weighted by atomic mass is 9.74. The normalized spacial score (nSPS) is 19.7. The zero-order valence-corrected chi connectivity index (χ0v) is 60.8. The third-order valence-corrected chi connectivity index (χ3v) is 19.4. The largest absolute Gasteiger partial charge is 0.0776 e. The van der Waals surface area contributed by atoms with Crippen molar-refractivity contribution in [3.63, 3.8) is 0 Å². The topological polar surface area (TPSA) is 0 Å². The highest BCUT2D eigenvalue weighted by atomic mass is 14.3. The van der Waals surface area contributed by atoms with Gasteiger partial charge in [-0.3, -0.25) is 0 Å². The summed E-state index contributed by atoms with van der Waals surface area (Å²) in [6.07, 6.45) is 59.0. The summed E-state index contributed by atoms with van der Waals surface area (Å²) in [7, 11) is 0. The first-order valence-electron chi connectivity index (χ1n) is 37.2. The highest BCUT2D eigenvalue weighted by Gasteiger charge is 2.25. The van der Waals surface area contributed by atoms with E-state index in [1.165, 1.54) is 268 Å². The molecule has 3 aliphatic carbocycles. The Morgan fingerprint density at radius 2 is 0.568 bits per heavy atom. The SMILES string of the molecule is C.CC(C)(C)c1cccc(C(C)(C)C)c1.CC1CCC(C)CC1.CC1CCC(CC2CCC(C)CC2)CC1.CCC(CC)(CC)CC.CCCCC.CCCCC(CCCC)CCCC.CCCCCCC.CCCCCCCCC. The van der Waals surface area contributed by atoms with Gasteiger partial charge in [0.05, 0.1) is 0 Å². The second-order valence-electron chi connectivity index (χ2n) is 29.3. The number of hydrogen-bond donors (Lipinski definition) is 0. The quantitative estimate of drug-likeness (QED) is 0.0770. The summed E-state index contributed by atoms with van der Waals surface area (Å²) in [5.41, 5.74) is 4.01. The van der Waals surface area contributed by atoms with Crippen LogP contribution in [0.2, 0.25) is 0 Å². The average molecular weight is 1140 g/mol. The molecule has 0 spiro atoms. The first kappa shape index (κ1) is 89.0. The molecule has 0 radical (unpaired) electrons. The summed E-state index contributed by atoms with van der Waals surface area (Å²) in [6.45, 7) is 52.7. The van der Waals surface area contributed by atoms with Crippen molar-refractivity contribution in [2.45, 2.75) is 441 Å². The van der Waals surface area contributed by atoms with Crippen molar-refractivity contribution >= 4 is 0 Å². The molecule has 0 unspecified atom stereocenters. The highest BCUT2D eigenvalue weighted by Crippen LogP contribution is 2.38. The lowest BCUT2D eigenvalue weighted by Gasteiger charge is -2.32. The Bertz CT molecular complexity index is 1180. The van der Waals surface area contributed by atoms with E-state index in [1.54, 1.807) is 6.42 Å². The average Bonchev–Trinajstić information content (AvgIpc) is 3.45. The van der Waals surface area contributed by atoms with Crippen LogP contribution in [0.1, 0.15) is 441 Å². The highest BCUT2D eigenvalue weighted by molar-refractivity contribution is 5.32. The molecule has 4 rings (SSSR count). The third-order valence-electron chi connectivity index (χ3n) is 19.4. The fourth-order valence-corrected chi connectivity index (χ4v) is 12.0. The Balaban J connectivity index is -0.000000277. The second-order valence-corrected chi connectivity index (χ2v) is 29.3. The van der Waals surface area contributed by atoms with E-state index in [-0.39, 0.29) is 18.3 Å². The molecule has 0 saturated heterocycles. The van der Waals surface area contributed by atoms with Gasteiger partial charge in [0.1, 0.15) is 0 Å². The van der Waals surface area contributed by atoms with Crippen LogP contribution in [0, 0.1) is 46.8 Å². The molecule has 81 heavy (non-hydrogen) atoms. The predicted molar refractivity (Wildman–Crippen MR) is 383 cm³/mol. The summed E-state index contributed by atoms with van der Waals surface area (Å²) in [6, 6.07) is 8.94. The van der Waals surface area contributed by atoms with Crippen molar-refractivity contribution in [3.8, 4) is 0 Å². The van der Waals surface area contributed by atoms with Crippen LogP contribution in [0.15, 0.2) is 24.3 Å². The zero-order chi connectivity index (χ0) is 61.5. The maximum atomic E-state index is 2.43. The minimum absolute atomic E-state index is 0. The van der Waals surface area contributed by atoms with Crippen LogP contribution in [0.5, 0.6) is 0 Å². The molecule has 0 heterocycles. The molecule has 0 N–H and O–H groups in total. The van der Waals surface area contributed by atoms with Crippen molar-refractivity contribution in [1.82, 2.24) is 0 Å². The zero-order valence-electron chi connectivity index (χ0n) is 60.8. The minimum atomic E-state index is 0. The molecule has 0 aliphatic heterocycles. The van der Waals surface area contributed by atoms with Crippen molar-refractivity contribution < 1.29 is 0 Å². The lowest BCUT2D eigenvalue weighted by Crippen LogP contribution is -2.19. The first-order chi connectivity index (χ1) is 38.1. The van der Waals surface area contributed by atoms with Gasteiger partial charge in [0, 0.05) is 0 Å². The molecular weight excluding hydrogens is 973 g/mol. The molecule has 0 amide bonds. The minimum Gasteiger partial charge on any atom is -0.0776 e. The molecule has 0 nitrogen and oxygen atoms in total. The van der Waals surface area contributed by atoms with Crippen molar-refractivity contribution in [3.05, 3.63) is 35.4 Å². The summed E-state index contributed by atoms with van der Waals surface area (Å²) in [4.78, 5) is 0. The maximum absolute atomic E-state index is 2.43. The molecule has 0 atom stereocenters. The van der Waals surface area contributed by atoms with Gasteiger partial charge in [0.25, 0.3) is 0 Å². The molecule has 0 bridgehead atoms. The van der Waals surface area contributed by atoms with Crippen LogP contribution in [0.3, 0.4) is 0 Å². The number of benzene rings is 1. The van der Waals surface area contributed by atoms with Gasteiger partial charge < -0.3 is 0 Å². The molecule has 3 fully saturated rings. The number of unbranched alkanes of at least 4 members (excludes halogenated alkanes) is 15. The van der Waals surface area contributed by atoms with Crippen molar-refractivity contribution in [1.29, 1.82) is 0 Å². The first-order valence-corrected chi connectivity index (χ1v) is 37.2. The molecular formula is C81H166. The van der Waals surface area contributed by atoms with Crippen LogP contribution >= 0.6 is 0 Å². The summed E-state index contributed by atoms with van der Waals surface area (Å²) in [5, 5.41) is 0. The number of hydrogen-bond acceptors (Lipinski definition) is 0. The van der Waals surface area contributed by atoms with Crippen molar-refractivity contribution in [2.75, 3.05) is 0 Å². The van der Waals surface area contributed by atoms with Gasteiger partial charge in [-0.1, -0.05) is 448 Å². The molecule has 0 heteroatoms. The van der Waals surface area contributed by atoms with Gasteiger partial charge in [0.15, 0.2) is 0 Å². The Labute approximate surface area is 520 Å². The number of rotatable bonds is 27. The van der Waals surface area contributed by atoms with E-state index in [2.05, 4.69) is 184 Å². The maximum Gasteiger partial charge on any atom is -0.0132 e. The smallest absolute Gasteiger partial charge is 0.0132 e. The van der Waals surface area contributed by atoms with Gasteiger partial charge in [0.2, 0.25) is 0 Å². The Hall–Kier alpha value is -0.780. The molecule has 1 aromatic rings. The van der Waals surface area contributed by atoms with Crippen LogP contribution in [0.4, 0.5) is 0 Å². The van der Waals surface area contributed by atoms with E-state index in [4.69, 9.17) is 0 Å². The van der Waals surface area contributed by atoms with Crippen molar-refractivity contribution in [2.24, 2.45) is 46.8 Å². The van der Waals surface area contributed by atoms with Gasteiger partial charge in [-0.05, 0) is 75.2 Å². The van der Waals surface area contributed by atoms with Crippen LogP contribution in [0.25, 0.3) is 0 Å². The standard InChI is InChI=1S/C15H28.C14H22.C13H28.2C9H20.C8H16.C7H16.C5H12.CH4/c1-12-3-7-14(8-4-12)11-15-9-5-13(2)6-10-15;1-13(2,3)11-8-7-9-12(10-11)14(4,5)6;1-4-7-10-13(11-8-5-2)12-9-6-3;1-5-9(6-2,7-3)8-4;1-3-5-7-9-8-6-4-2;1-7-3-5-8(2)6-4-7;1-3-5-7-6-4-2;1-3-5-4-2;/h12-15H,3-11H2,1-2H3;7-10H,1-6H3;13H,4-12H2,1-3H3;5-8H2,1-4H3;3-9H2,1-2H3;7-8H,3-6H2,1-2H3;3-7H2,1-2H3;3-5H2,1-2H3;1H4. The van der Waals surface area contributed by atoms with E-state index in [0.717, 1.165) is 41.4 Å². The fraction of sp³-hybridized carbons (Fsp3) is 0.926. The van der Waals surface area contributed by atoms with E-state index in [0.29, 0.717) is 5.41 Å². The van der Waals surface area contributed by atoms with Gasteiger partial charge in [-0.2, -0.15) is 0 Å². The van der Waals surface area contributed by atoms with E-state index in [1.807, 2.05) is 0 Å². The Kier molecular flexibility index (Phi) is 66.9. The van der Waals surface area contributed by atoms with Gasteiger partial charge >= 0.3 is 0 Å². The van der Waals surface area contributed by atoms with Crippen LogP contribution in [-0.4, -0.2) is 0 Å². The van der Waals surface area contributed by atoms with Crippen LogP contribution < -0.4 is 0 Å². The predicted octanol–water partition coefficient (Wildman–Crippen LogP) is 30.5. The van der Waals surface area contributed by atoms with E-state index < -0.39 is 0 Å². The van der Waals surface area contributed by atoms with Gasteiger partial charge in [-0.15, -0.1) is 0 Å². The summed E-state index contributed by atoms with van der Waals surface area (Å²) < 4.78 is 0. The third kappa shape index (κ3) is 56.8. The fourth-order valence-electron chi connectivity index (χ4n) is 12.0. The second kappa shape index (κ2) is 60.9. The molecule has 3 saturated carbocycles. The molecule has 3 aliphatic rings. The summed E-state index contributed by atoms with van der Waals surface area (Å²) >= 11 is 0. The van der Waals surface area contributed by atoms with E-state index >= 15 is 0 Å². The van der Waals surface area contributed by atoms with Gasteiger partial charge in [-0.25, -0.2) is 0 Å². The molecule has 0 aromatic heterocycles. The lowest BCUT2D eigenvalue weighted by molar-refractivity contribution is 0.201. The molecule has 490 valence electrons. The summed E-state index contributed by atoms with van der Waals surface area (Å²) in [5.74, 6) is 7.32. The van der Waals surface area contributed by atoms with Crippen LogP contribution in [-0.2, 0) is 10.8 Å². The monoisotopic (exact) mass is 1140 g/mol. The Morgan fingerprint density at radius 3 is 0.778 bits per heavy atom.